The first-order chi connectivity index (χ1) is 11.1. The molecule has 2 rings (SSSR count). The topological polar surface area (TPSA) is 23.6 Å². The van der Waals surface area contributed by atoms with Gasteiger partial charge in [0.05, 0.1) is 0 Å². The lowest BCUT2D eigenvalue weighted by molar-refractivity contribution is -0.132. The lowest BCUT2D eigenvalue weighted by Crippen LogP contribution is -2.30. The van der Waals surface area contributed by atoms with E-state index in [9.17, 15) is 4.79 Å². The monoisotopic (exact) mass is 316 g/mol. The molecule has 1 aromatic carbocycles. The molecule has 0 heterocycles. The molecule has 0 aliphatic heterocycles. The van der Waals surface area contributed by atoms with Gasteiger partial charge in [-0.25, -0.2) is 0 Å². The van der Waals surface area contributed by atoms with Crippen LogP contribution in [0.15, 0.2) is 24.3 Å². The summed E-state index contributed by atoms with van der Waals surface area (Å²) in [5, 5.41) is 0. The van der Waals surface area contributed by atoms with Gasteiger partial charge in [0, 0.05) is 39.3 Å². The van der Waals surface area contributed by atoms with Gasteiger partial charge < -0.3 is 9.80 Å². The Kier molecular flexibility index (Phi) is 6.94. The zero-order valence-corrected chi connectivity index (χ0v) is 15.1. The van der Waals surface area contributed by atoms with Crippen molar-refractivity contribution in [3.8, 4) is 0 Å². The van der Waals surface area contributed by atoms with Crippen molar-refractivity contribution in [1.82, 2.24) is 4.90 Å². The van der Waals surface area contributed by atoms with Gasteiger partial charge in [-0.3, -0.25) is 4.79 Å². The second-order valence-electron chi connectivity index (χ2n) is 7.01. The molecule has 128 valence electrons. The summed E-state index contributed by atoms with van der Waals surface area (Å²) in [6, 6.07) is 8.50. The minimum absolute atomic E-state index is 0.315. The van der Waals surface area contributed by atoms with E-state index in [-0.39, 0.29) is 0 Å². The van der Waals surface area contributed by atoms with Gasteiger partial charge in [-0.15, -0.1) is 0 Å². The molecule has 1 aliphatic rings. The van der Waals surface area contributed by atoms with Crippen LogP contribution in [0.25, 0.3) is 0 Å². The minimum atomic E-state index is 0.315. The maximum Gasteiger partial charge on any atom is 0.222 e. The van der Waals surface area contributed by atoms with Crippen molar-refractivity contribution in [1.29, 1.82) is 0 Å². The van der Waals surface area contributed by atoms with Crippen LogP contribution in [0.4, 0.5) is 5.69 Å². The highest BCUT2D eigenvalue weighted by Crippen LogP contribution is 2.27. The summed E-state index contributed by atoms with van der Waals surface area (Å²) in [4.78, 5) is 16.6. The van der Waals surface area contributed by atoms with E-state index >= 15 is 0 Å². The predicted molar refractivity (Wildman–Crippen MR) is 97.7 cm³/mol. The molecule has 3 heteroatoms. The van der Waals surface area contributed by atoms with Gasteiger partial charge in [0.25, 0.3) is 0 Å². The molecule has 0 unspecified atom stereocenters. The predicted octanol–water partition coefficient (Wildman–Crippen LogP) is 4.46. The van der Waals surface area contributed by atoms with Gasteiger partial charge in [0.1, 0.15) is 0 Å². The average Bonchev–Trinajstić information content (AvgIpc) is 2.59. The molecule has 1 aliphatic carbocycles. The maximum atomic E-state index is 12.5. The lowest BCUT2D eigenvalue weighted by Gasteiger charge is -2.25. The Hall–Kier alpha value is -1.51. The standard InChI is InChI=1S/C20H32N2O/c1-4-22(16-18-10-13-19(14-11-18)21(2)3)20(23)15-12-17-8-6-5-7-9-17/h10-11,13-14,17H,4-9,12,15-16H2,1-3H3. The van der Waals surface area contributed by atoms with Crippen molar-refractivity contribution in [2.75, 3.05) is 25.5 Å². The molecule has 0 N–H and O–H groups in total. The van der Waals surface area contributed by atoms with Crippen molar-refractivity contribution in [2.24, 2.45) is 5.92 Å². The van der Waals surface area contributed by atoms with Crippen LogP contribution < -0.4 is 4.90 Å². The fraction of sp³-hybridized carbons (Fsp3) is 0.650. The zero-order chi connectivity index (χ0) is 16.7. The Bertz CT molecular complexity index is 475. The van der Waals surface area contributed by atoms with Gasteiger partial charge in [-0.2, -0.15) is 0 Å². The van der Waals surface area contributed by atoms with Crippen LogP contribution in [0, 0.1) is 5.92 Å². The van der Waals surface area contributed by atoms with E-state index in [0.717, 1.165) is 25.4 Å². The first-order valence-corrected chi connectivity index (χ1v) is 9.14. The van der Waals surface area contributed by atoms with Gasteiger partial charge in [-0.1, -0.05) is 44.2 Å². The first-order valence-electron chi connectivity index (χ1n) is 9.14. The Morgan fingerprint density at radius 2 is 1.74 bits per heavy atom. The maximum absolute atomic E-state index is 12.5. The number of benzene rings is 1. The Balaban J connectivity index is 1.84. The highest BCUT2D eigenvalue weighted by atomic mass is 16.2. The summed E-state index contributed by atoms with van der Waals surface area (Å²) in [6.45, 7) is 3.60. The third-order valence-electron chi connectivity index (χ3n) is 5.05. The van der Waals surface area contributed by atoms with Crippen LogP contribution in [-0.4, -0.2) is 31.4 Å². The van der Waals surface area contributed by atoms with Gasteiger partial charge in [0.15, 0.2) is 0 Å². The van der Waals surface area contributed by atoms with E-state index in [4.69, 9.17) is 0 Å². The fourth-order valence-electron chi connectivity index (χ4n) is 3.46. The molecule has 1 aromatic rings. The first kappa shape index (κ1) is 17.8. The largest absolute Gasteiger partial charge is 0.378 e. The molecule has 0 atom stereocenters. The molecule has 0 spiro atoms. The number of rotatable bonds is 7. The normalized spacial score (nSPS) is 15.4. The highest BCUT2D eigenvalue weighted by molar-refractivity contribution is 5.76. The number of hydrogen-bond donors (Lipinski definition) is 0. The summed E-state index contributed by atoms with van der Waals surface area (Å²) < 4.78 is 0. The van der Waals surface area contributed by atoms with Crippen LogP contribution in [0.2, 0.25) is 0 Å². The average molecular weight is 316 g/mol. The van der Waals surface area contributed by atoms with Crippen molar-refractivity contribution >= 4 is 11.6 Å². The number of anilines is 1. The molecule has 23 heavy (non-hydrogen) atoms. The molecular formula is C20H32N2O. The molecule has 0 radical (unpaired) electrons. The summed E-state index contributed by atoms with van der Waals surface area (Å²) in [6.07, 6.45) is 8.54. The van der Waals surface area contributed by atoms with E-state index in [2.05, 4.69) is 36.1 Å². The van der Waals surface area contributed by atoms with Crippen molar-refractivity contribution in [2.45, 2.75) is 58.4 Å². The summed E-state index contributed by atoms with van der Waals surface area (Å²) in [5.41, 5.74) is 2.41. The van der Waals surface area contributed by atoms with Crippen molar-refractivity contribution in [3.05, 3.63) is 29.8 Å². The molecule has 1 saturated carbocycles. The van der Waals surface area contributed by atoms with Gasteiger partial charge in [-0.05, 0) is 37.0 Å². The molecule has 0 aromatic heterocycles. The van der Waals surface area contributed by atoms with Crippen molar-refractivity contribution in [3.63, 3.8) is 0 Å². The second-order valence-corrected chi connectivity index (χ2v) is 7.01. The van der Waals surface area contributed by atoms with Crippen molar-refractivity contribution < 1.29 is 4.79 Å². The van der Waals surface area contributed by atoms with Crippen LogP contribution in [0.3, 0.4) is 0 Å². The third kappa shape index (κ3) is 5.56. The smallest absolute Gasteiger partial charge is 0.222 e. The van der Waals surface area contributed by atoms with Crippen LogP contribution >= 0.6 is 0 Å². The van der Waals surface area contributed by atoms with Crippen LogP contribution in [0.1, 0.15) is 57.4 Å². The zero-order valence-electron chi connectivity index (χ0n) is 15.1. The highest BCUT2D eigenvalue weighted by Gasteiger charge is 2.17. The van der Waals surface area contributed by atoms with Crippen LogP contribution in [0.5, 0.6) is 0 Å². The summed E-state index contributed by atoms with van der Waals surface area (Å²) >= 11 is 0. The number of nitrogens with zero attached hydrogens (tertiary/aromatic N) is 2. The third-order valence-corrected chi connectivity index (χ3v) is 5.05. The van der Waals surface area contributed by atoms with Gasteiger partial charge in [0.2, 0.25) is 5.91 Å². The number of carbonyl (C=O) groups is 1. The fourth-order valence-corrected chi connectivity index (χ4v) is 3.46. The minimum Gasteiger partial charge on any atom is -0.378 e. The van der Waals surface area contributed by atoms with E-state index in [0.29, 0.717) is 12.3 Å². The van der Waals surface area contributed by atoms with Crippen LogP contribution in [-0.2, 0) is 11.3 Å². The molecule has 3 nitrogen and oxygen atoms in total. The van der Waals surface area contributed by atoms with E-state index in [1.165, 1.54) is 43.4 Å². The quantitative estimate of drug-likeness (QED) is 0.741. The van der Waals surface area contributed by atoms with E-state index in [1.54, 1.807) is 0 Å². The lowest BCUT2D eigenvalue weighted by atomic mass is 9.86. The second kappa shape index (κ2) is 8.95. The Morgan fingerprint density at radius 1 is 1.09 bits per heavy atom. The molecule has 0 saturated heterocycles. The van der Waals surface area contributed by atoms with Gasteiger partial charge >= 0.3 is 0 Å². The van der Waals surface area contributed by atoms with E-state index in [1.807, 2.05) is 19.0 Å². The Morgan fingerprint density at radius 3 is 2.30 bits per heavy atom. The van der Waals surface area contributed by atoms with E-state index < -0.39 is 0 Å². The SMILES string of the molecule is CCN(Cc1ccc(N(C)C)cc1)C(=O)CCC1CCCCC1. The molecular weight excluding hydrogens is 284 g/mol. The molecule has 0 bridgehead atoms. The molecule has 1 fully saturated rings. The number of carbonyl (C=O) groups excluding carboxylic acids is 1. The Labute approximate surface area is 141 Å². The summed E-state index contributed by atoms with van der Waals surface area (Å²) in [7, 11) is 4.09. The number of amides is 1. The number of hydrogen-bond acceptors (Lipinski definition) is 2. The molecule has 1 amide bonds. The summed E-state index contributed by atoms with van der Waals surface area (Å²) in [5.74, 6) is 1.10.